The summed E-state index contributed by atoms with van der Waals surface area (Å²) in [5, 5.41) is 13.6. The van der Waals surface area contributed by atoms with Gasteiger partial charge in [-0.3, -0.25) is 9.59 Å². The van der Waals surface area contributed by atoms with Crippen molar-refractivity contribution >= 4 is 29.7 Å². The summed E-state index contributed by atoms with van der Waals surface area (Å²) in [4.78, 5) is 43.9. The van der Waals surface area contributed by atoms with Crippen LogP contribution in [0.5, 0.6) is 0 Å². The van der Waals surface area contributed by atoms with Crippen LogP contribution < -0.4 is 10.2 Å². The highest BCUT2D eigenvalue weighted by Crippen LogP contribution is 2.28. The van der Waals surface area contributed by atoms with Crippen LogP contribution in [0.3, 0.4) is 0 Å². The maximum absolute atomic E-state index is 14.9. The van der Waals surface area contributed by atoms with Gasteiger partial charge in [-0.2, -0.15) is 0 Å². The maximum atomic E-state index is 14.9. The maximum Gasteiger partial charge on any atom is 0.410 e. The van der Waals surface area contributed by atoms with Gasteiger partial charge in [-0.25, -0.2) is 9.18 Å². The predicted octanol–water partition coefficient (Wildman–Crippen LogP) is 3.61. The Morgan fingerprint density at radius 3 is 2.55 bits per heavy atom. The Kier molecular flexibility index (Phi) is 13.2. The molecule has 2 N–H and O–H groups in total. The van der Waals surface area contributed by atoms with Gasteiger partial charge < -0.3 is 39.3 Å². The van der Waals surface area contributed by atoms with Crippen LogP contribution >= 0.6 is 0 Å². The van der Waals surface area contributed by atoms with Crippen LogP contribution in [-0.4, -0.2) is 117 Å². The number of nitrogens with zero attached hydrogens (tertiary/aromatic N) is 3. The third kappa shape index (κ3) is 10.8. The van der Waals surface area contributed by atoms with Crippen LogP contribution in [-0.2, 0) is 23.8 Å². The van der Waals surface area contributed by atoms with E-state index in [1.807, 2.05) is 50.9 Å². The first-order chi connectivity index (χ1) is 22.4. The van der Waals surface area contributed by atoms with Gasteiger partial charge in [-0.1, -0.05) is 26.0 Å². The van der Waals surface area contributed by atoms with Gasteiger partial charge >= 0.3 is 12.1 Å². The van der Waals surface area contributed by atoms with Gasteiger partial charge in [-0.05, 0) is 74.6 Å². The monoisotopic (exact) mass is 658 g/mol. The molecular weight excluding hydrogens is 607 g/mol. The third-order valence-electron chi connectivity index (χ3n) is 9.20. The zero-order valence-corrected chi connectivity index (χ0v) is 28.3. The second-order valence-corrected chi connectivity index (χ2v) is 13.3. The Bertz CT molecular complexity index is 1300. The number of rotatable bonds is 7. The summed E-state index contributed by atoms with van der Waals surface area (Å²) in [6.07, 6.45) is 4.61. The van der Waals surface area contributed by atoms with Gasteiger partial charge in [0.1, 0.15) is 24.6 Å². The number of halogens is 1. The van der Waals surface area contributed by atoms with E-state index in [-0.39, 0.29) is 42.9 Å². The highest BCUT2D eigenvalue weighted by molar-refractivity contribution is 5.77. The minimum atomic E-state index is -0.892. The number of esters is 1. The van der Waals surface area contributed by atoms with Crippen molar-refractivity contribution < 1.29 is 38.1 Å². The predicted molar refractivity (Wildman–Crippen MR) is 177 cm³/mol. The number of cyclic esters (lactones) is 1. The number of piperazine rings is 1. The Labute approximate surface area is 277 Å². The van der Waals surface area contributed by atoms with E-state index in [2.05, 4.69) is 10.2 Å². The molecule has 11 nitrogen and oxygen atoms in total. The molecular formula is C35H51FN4O7. The number of benzene rings is 1. The molecule has 2 fully saturated rings. The second-order valence-electron chi connectivity index (χ2n) is 13.3. The fourth-order valence-electron chi connectivity index (χ4n) is 6.35. The molecule has 0 saturated carbocycles. The molecule has 6 atom stereocenters. The first kappa shape index (κ1) is 36.4. The van der Waals surface area contributed by atoms with Gasteiger partial charge in [0.2, 0.25) is 5.91 Å². The van der Waals surface area contributed by atoms with E-state index in [1.54, 1.807) is 11.0 Å². The lowest BCUT2D eigenvalue weighted by Gasteiger charge is -2.33. The van der Waals surface area contributed by atoms with Gasteiger partial charge in [-0.15, -0.1) is 0 Å². The van der Waals surface area contributed by atoms with E-state index in [0.29, 0.717) is 55.8 Å². The lowest BCUT2D eigenvalue weighted by molar-refractivity contribution is -0.151. The van der Waals surface area contributed by atoms with Crippen molar-refractivity contribution in [2.75, 3.05) is 64.9 Å². The first-order valence-corrected chi connectivity index (χ1v) is 16.6. The highest BCUT2D eigenvalue weighted by atomic mass is 19.1. The number of carbonyl (C=O) groups excluding carboxylic acids is 3. The lowest BCUT2D eigenvalue weighted by atomic mass is 9.91. The van der Waals surface area contributed by atoms with E-state index in [0.717, 1.165) is 19.5 Å². The lowest BCUT2D eigenvalue weighted by Crippen LogP contribution is -2.48. The SMILES string of the molecule is COCC(=O)N[C@H]1CCN(c2cc(F)cc(/C=C(\C)[C@H]3OC(=O)C[C@@H](O)CC[C@@H](C)[C@@H](OC(=O)N4CCN(C)CC4)/C=C\[C@@H]3C)c2)C1. The van der Waals surface area contributed by atoms with Crippen LogP contribution in [0.15, 0.2) is 35.9 Å². The molecule has 2 saturated heterocycles. The number of hydrogen-bond acceptors (Lipinski definition) is 9. The molecule has 0 spiro atoms. The third-order valence-corrected chi connectivity index (χ3v) is 9.20. The minimum absolute atomic E-state index is 0.00949. The Balaban J connectivity index is 1.52. The quantitative estimate of drug-likeness (QED) is 0.335. The van der Waals surface area contributed by atoms with Crippen molar-refractivity contribution in [2.24, 2.45) is 11.8 Å². The topological polar surface area (TPSA) is 121 Å². The molecule has 0 aliphatic carbocycles. The molecule has 4 rings (SSSR count). The summed E-state index contributed by atoms with van der Waals surface area (Å²) in [6.45, 7) is 9.69. The van der Waals surface area contributed by atoms with Crippen LogP contribution in [0.25, 0.3) is 6.08 Å². The average Bonchev–Trinajstić information content (AvgIpc) is 3.48. The number of likely N-dealkylation sites (N-methyl/N-ethyl adjacent to an activating group) is 1. The smallest absolute Gasteiger partial charge is 0.410 e. The zero-order valence-electron chi connectivity index (χ0n) is 28.3. The molecule has 12 heteroatoms. The number of nitrogens with one attached hydrogen (secondary N) is 1. The molecule has 3 heterocycles. The van der Waals surface area contributed by atoms with Crippen LogP contribution in [0.2, 0.25) is 0 Å². The molecule has 47 heavy (non-hydrogen) atoms. The summed E-state index contributed by atoms with van der Waals surface area (Å²) in [5.74, 6) is -1.50. The summed E-state index contributed by atoms with van der Waals surface area (Å²) in [5.41, 5.74) is 2.00. The van der Waals surface area contributed by atoms with Crippen molar-refractivity contribution in [2.45, 2.75) is 70.8 Å². The number of aliphatic hydroxyl groups is 1. The normalized spacial score (nSPS) is 29.0. The number of anilines is 1. The van der Waals surface area contributed by atoms with E-state index in [4.69, 9.17) is 14.2 Å². The molecule has 0 bridgehead atoms. The van der Waals surface area contributed by atoms with E-state index in [1.165, 1.54) is 19.2 Å². The van der Waals surface area contributed by atoms with Crippen molar-refractivity contribution in [1.82, 2.24) is 15.1 Å². The van der Waals surface area contributed by atoms with E-state index < -0.39 is 30.1 Å². The van der Waals surface area contributed by atoms with Crippen LogP contribution in [0, 0.1) is 17.7 Å². The van der Waals surface area contributed by atoms with Crippen LogP contribution in [0.4, 0.5) is 14.9 Å². The molecule has 0 unspecified atom stereocenters. The van der Waals surface area contributed by atoms with Crippen molar-refractivity contribution in [3.8, 4) is 0 Å². The van der Waals surface area contributed by atoms with Crippen molar-refractivity contribution in [3.05, 3.63) is 47.3 Å². The molecule has 3 aliphatic heterocycles. The second kappa shape index (κ2) is 17.1. The number of amides is 2. The zero-order chi connectivity index (χ0) is 34.1. The van der Waals surface area contributed by atoms with Gasteiger partial charge in [0.15, 0.2) is 0 Å². The number of methoxy groups -OCH3 is 1. The molecule has 260 valence electrons. The Hall–Kier alpha value is -3.48. The van der Waals surface area contributed by atoms with Gasteiger partial charge in [0, 0.05) is 64.0 Å². The Morgan fingerprint density at radius 2 is 1.83 bits per heavy atom. The molecule has 3 aliphatic rings. The van der Waals surface area contributed by atoms with Gasteiger partial charge in [0.05, 0.1) is 12.5 Å². The first-order valence-electron chi connectivity index (χ1n) is 16.6. The number of aliphatic hydroxyl groups excluding tert-OH is 1. The number of carbonyl (C=O) groups is 3. The van der Waals surface area contributed by atoms with Crippen molar-refractivity contribution in [3.63, 3.8) is 0 Å². The number of ether oxygens (including phenoxy) is 3. The average molecular weight is 659 g/mol. The summed E-state index contributed by atoms with van der Waals surface area (Å²) in [7, 11) is 3.49. The molecule has 0 radical (unpaired) electrons. The van der Waals surface area contributed by atoms with E-state index in [9.17, 15) is 23.9 Å². The summed E-state index contributed by atoms with van der Waals surface area (Å²) < 4.78 is 31.7. The van der Waals surface area contributed by atoms with Crippen molar-refractivity contribution in [1.29, 1.82) is 0 Å². The molecule has 1 aromatic rings. The fourth-order valence-corrected chi connectivity index (χ4v) is 6.35. The summed E-state index contributed by atoms with van der Waals surface area (Å²) in [6, 6.07) is 4.72. The van der Waals surface area contributed by atoms with Crippen LogP contribution in [0.1, 0.15) is 52.0 Å². The Morgan fingerprint density at radius 1 is 1.09 bits per heavy atom. The fraction of sp³-hybridized carbons (Fsp3) is 0.629. The van der Waals surface area contributed by atoms with Gasteiger partial charge in [0.25, 0.3) is 0 Å². The van der Waals surface area contributed by atoms with E-state index >= 15 is 0 Å². The molecule has 1 aromatic carbocycles. The standard InChI is InChI=1S/C35H51FN4O7/c1-23-6-8-30(41)20-33(43)47-34(24(2)7-9-31(23)46-35(44)39-14-12-38(4)13-15-39)25(3)16-26-17-27(36)19-29(18-26)40-11-10-28(21-40)37-32(42)22-45-5/h7,9,16-19,23-24,28,30-31,34,41H,6,8,10-15,20-22H2,1-5H3,(H,37,42)/b9-7-,25-16+/t23-,24+,28+,30+,31+,34+/m1/s1. The number of hydrogen-bond donors (Lipinski definition) is 2. The minimum Gasteiger partial charge on any atom is -0.457 e. The molecule has 0 aromatic heterocycles. The largest absolute Gasteiger partial charge is 0.457 e. The summed E-state index contributed by atoms with van der Waals surface area (Å²) >= 11 is 0. The molecule has 2 amide bonds. The highest BCUT2D eigenvalue weighted by Gasteiger charge is 2.30.